The van der Waals surface area contributed by atoms with Crippen LogP contribution in [0.15, 0.2) is 47.4 Å². The Labute approximate surface area is 155 Å². The Morgan fingerprint density at radius 2 is 1.30 bits per heavy atom. The van der Waals surface area contributed by atoms with Crippen LogP contribution in [0.25, 0.3) is 11.1 Å². The minimum Gasteiger partial charge on any atom is -0.224 e. The lowest BCUT2D eigenvalue weighted by Crippen LogP contribution is -1.98. The number of benzene rings is 2. The van der Waals surface area contributed by atoms with Crippen molar-refractivity contribution < 1.29 is 26.0 Å². The average Bonchev–Trinajstić information content (AvgIpc) is 3.10. The molecule has 0 aromatic heterocycles. The fraction of sp³-hybridized carbons (Fsp3) is 0.300. The molecule has 0 saturated heterocycles. The molecule has 0 N–H and O–H groups in total. The molecule has 2 aromatic carbocycles. The van der Waals surface area contributed by atoms with Crippen molar-refractivity contribution >= 4 is 21.0 Å². The Hall–Kier alpha value is -2.15. The van der Waals surface area contributed by atoms with Crippen LogP contribution < -0.4 is 0 Å². The highest BCUT2D eigenvalue weighted by atomic mass is 32.2. The number of sulfone groups is 1. The third-order valence-corrected chi connectivity index (χ3v) is 5.88. The van der Waals surface area contributed by atoms with Crippen LogP contribution in [0.4, 0.5) is 17.6 Å². The number of hydrogen-bond donors (Lipinski definition) is 0. The molecule has 1 aliphatic carbocycles. The summed E-state index contributed by atoms with van der Waals surface area (Å²) in [5.41, 5.74) is 1.80. The molecular formula is C20H18F4O2S. The molecule has 0 bridgehead atoms. The summed E-state index contributed by atoms with van der Waals surface area (Å²) in [4.78, 5) is 0.202. The van der Waals surface area contributed by atoms with Gasteiger partial charge in [-0.1, -0.05) is 24.3 Å². The van der Waals surface area contributed by atoms with Crippen LogP contribution in [0.3, 0.4) is 0 Å². The second kappa shape index (κ2) is 7.46. The van der Waals surface area contributed by atoms with Crippen molar-refractivity contribution in [3.8, 4) is 0 Å². The van der Waals surface area contributed by atoms with Crippen molar-refractivity contribution in [2.75, 3.05) is 6.26 Å². The third-order valence-electron chi connectivity index (χ3n) is 4.75. The van der Waals surface area contributed by atoms with Crippen molar-refractivity contribution in [1.82, 2.24) is 0 Å². The SMILES string of the molecule is CS(=O)(=O)c1ccc(C2=C(c3ccc(C(F)F)c(C(F)F)c3)CCC2)cc1. The molecule has 0 atom stereocenters. The van der Waals surface area contributed by atoms with E-state index in [-0.39, 0.29) is 4.90 Å². The van der Waals surface area contributed by atoms with E-state index in [1.54, 1.807) is 12.1 Å². The van der Waals surface area contributed by atoms with Crippen LogP contribution in [-0.4, -0.2) is 14.7 Å². The van der Waals surface area contributed by atoms with Gasteiger partial charge in [-0.05, 0) is 59.7 Å². The van der Waals surface area contributed by atoms with E-state index >= 15 is 0 Å². The van der Waals surface area contributed by atoms with Crippen LogP contribution in [0.1, 0.15) is 54.4 Å². The zero-order valence-electron chi connectivity index (χ0n) is 14.6. The number of alkyl halides is 4. The zero-order valence-corrected chi connectivity index (χ0v) is 15.4. The van der Waals surface area contributed by atoms with E-state index in [0.717, 1.165) is 41.5 Å². The lowest BCUT2D eigenvalue weighted by atomic mass is 9.94. The van der Waals surface area contributed by atoms with Crippen LogP contribution in [0.2, 0.25) is 0 Å². The first kappa shape index (κ1) is 19.6. The van der Waals surface area contributed by atoms with Gasteiger partial charge in [0.1, 0.15) is 0 Å². The van der Waals surface area contributed by atoms with Crippen LogP contribution in [0, 0.1) is 0 Å². The Morgan fingerprint density at radius 3 is 1.81 bits per heavy atom. The Balaban J connectivity index is 2.06. The van der Waals surface area contributed by atoms with Crippen molar-refractivity contribution in [1.29, 1.82) is 0 Å². The number of halogens is 4. The predicted molar refractivity (Wildman–Crippen MR) is 96.6 cm³/mol. The van der Waals surface area contributed by atoms with E-state index in [1.807, 2.05) is 0 Å². The topological polar surface area (TPSA) is 34.1 Å². The molecule has 2 aromatic rings. The molecule has 0 unspecified atom stereocenters. The number of hydrogen-bond acceptors (Lipinski definition) is 2. The van der Waals surface area contributed by atoms with Gasteiger partial charge >= 0.3 is 0 Å². The molecule has 0 spiro atoms. The van der Waals surface area contributed by atoms with Crippen molar-refractivity contribution in [2.45, 2.75) is 37.0 Å². The summed E-state index contributed by atoms with van der Waals surface area (Å²) in [6.45, 7) is 0. The Kier molecular flexibility index (Phi) is 5.42. The summed E-state index contributed by atoms with van der Waals surface area (Å²) in [7, 11) is -3.31. The molecule has 0 fully saturated rings. The summed E-state index contributed by atoms with van der Waals surface area (Å²) in [5, 5.41) is 0. The largest absolute Gasteiger partial charge is 0.264 e. The Bertz CT molecular complexity index is 978. The fourth-order valence-corrected chi connectivity index (χ4v) is 4.06. The first-order valence-electron chi connectivity index (χ1n) is 8.41. The van der Waals surface area contributed by atoms with E-state index < -0.39 is 33.8 Å². The summed E-state index contributed by atoms with van der Waals surface area (Å²) < 4.78 is 75.6. The third kappa shape index (κ3) is 4.08. The van der Waals surface area contributed by atoms with Gasteiger partial charge in [0.05, 0.1) is 4.90 Å². The molecule has 0 amide bonds. The van der Waals surface area contributed by atoms with Gasteiger partial charge in [-0.3, -0.25) is 0 Å². The molecule has 0 radical (unpaired) electrons. The summed E-state index contributed by atoms with van der Waals surface area (Å²) in [6.07, 6.45) is -2.62. The molecule has 27 heavy (non-hydrogen) atoms. The molecule has 7 heteroatoms. The maximum Gasteiger partial charge on any atom is 0.264 e. The van der Waals surface area contributed by atoms with Gasteiger partial charge in [-0.15, -0.1) is 0 Å². The van der Waals surface area contributed by atoms with Gasteiger partial charge in [-0.25, -0.2) is 26.0 Å². The minimum absolute atomic E-state index is 0.202. The smallest absolute Gasteiger partial charge is 0.224 e. The molecule has 0 saturated carbocycles. The fourth-order valence-electron chi connectivity index (χ4n) is 3.43. The lowest BCUT2D eigenvalue weighted by molar-refractivity contribution is 0.124. The normalized spacial score (nSPS) is 15.2. The van der Waals surface area contributed by atoms with Crippen LogP contribution >= 0.6 is 0 Å². The Morgan fingerprint density at radius 1 is 0.778 bits per heavy atom. The van der Waals surface area contributed by atoms with Gasteiger partial charge < -0.3 is 0 Å². The first-order valence-corrected chi connectivity index (χ1v) is 10.3. The number of rotatable bonds is 5. The van der Waals surface area contributed by atoms with Gasteiger partial charge in [-0.2, -0.15) is 0 Å². The minimum atomic E-state index is -3.31. The molecule has 0 heterocycles. The quantitative estimate of drug-likeness (QED) is 0.574. The highest BCUT2D eigenvalue weighted by Crippen LogP contribution is 2.42. The second-order valence-electron chi connectivity index (χ2n) is 6.55. The summed E-state index contributed by atoms with van der Waals surface area (Å²) in [5.74, 6) is 0. The summed E-state index contributed by atoms with van der Waals surface area (Å²) >= 11 is 0. The van der Waals surface area contributed by atoms with Gasteiger partial charge in [0.15, 0.2) is 9.84 Å². The lowest BCUT2D eigenvalue weighted by Gasteiger charge is -2.13. The molecule has 0 aliphatic heterocycles. The van der Waals surface area contributed by atoms with Gasteiger partial charge in [0.2, 0.25) is 0 Å². The van der Waals surface area contributed by atoms with Crippen LogP contribution in [0.5, 0.6) is 0 Å². The van der Waals surface area contributed by atoms with E-state index in [2.05, 4.69) is 0 Å². The van der Waals surface area contributed by atoms with Gasteiger partial charge in [0.25, 0.3) is 12.9 Å². The van der Waals surface area contributed by atoms with Crippen molar-refractivity contribution in [3.63, 3.8) is 0 Å². The molecule has 144 valence electrons. The zero-order chi connectivity index (χ0) is 19.8. The van der Waals surface area contributed by atoms with E-state index in [1.165, 1.54) is 18.2 Å². The highest BCUT2D eigenvalue weighted by Gasteiger charge is 2.23. The first-order chi connectivity index (χ1) is 12.7. The standard InChI is InChI=1S/C20H18F4O2S/c1-27(25,26)14-8-5-12(6-9-14)15-3-2-4-16(15)13-7-10-17(19(21)22)18(11-13)20(23)24/h5-11,19-20H,2-4H2,1H3. The van der Waals surface area contributed by atoms with Crippen molar-refractivity contribution in [3.05, 3.63) is 64.7 Å². The highest BCUT2D eigenvalue weighted by molar-refractivity contribution is 7.90. The van der Waals surface area contributed by atoms with E-state index in [0.29, 0.717) is 18.4 Å². The van der Waals surface area contributed by atoms with E-state index in [4.69, 9.17) is 0 Å². The maximum atomic E-state index is 13.2. The summed E-state index contributed by atoms with van der Waals surface area (Å²) in [6, 6.07) is 10.1. The monoisotopic (exact) mass is 398 g/mol. The second-order valence-corrected chi connectivity index (χ2v) is 8.57. The van der Waals surface area contributed by atoms with Crippen molar-refractivity contribution in [2.24, 2.45) is 0 Å². The van der Waals surface area contributed by atoms with Gasteiger partial charge in [0, 0.05) is 17.4 Å². The maximum absolute atomic E-state index is 13.2. The molecular weight excluding hydrogens is 380 g/mol. The molecule has 2 nitrogen and oxygen atoms in total. The average molecular weight is 398 g/mol. The number of allylic oxidation sites excluding steroid dienone is 2. The van der Waals surface area contributed by atoms with E-state index in [9.17, 15) is 26.0 Å². The predicted octanol–water partition coefficient (Wildman–Crippen LogP) is 6.06. The van der Waals surface area contributed by atoms with Crippen LogP contribution in [-0.2, 0) is 9.84 Å². The molecule has 1 aliphatic rings. The molecule has 3 rings (SSSR count).